The maximum atomic E-state index is 11.4. The highest BCUT2D eigenvalue weighted by molar-refractivity contribution is 6.26. The van der Waals surface area contributed by atoms with Crippen molar-refractivity contribution in [3.05, 3.63) is 36.1 Å². The molecule has 0 aliphatic rings. The number of Topliss-reactive ketones (excluding diaryl/α,β-unsaturated/α-hetero) is 1. The second-order valence-corrected chi connectivity index (χ2v) is 2.92. The van der Waals surface area contributed by atoms with Crippen molar-refractivity contribution in [3.8, 4) is 0 Å². The van der Waals surface area contributed by atoms with Gasteiger partial charge in [0.2, 0.25) is 0 Å². The SMILES string of the molecule is BCC(=O)c1coc2ccccc12. The van der Waals surface area contributed by atoms with E-state index in [2.05, 4.69) is 0 Å². The second-order valence-electron chi connectivity index (χ2n) is 2.92. The van der Waals surface area contributed by atoms with Crippen molar-refractivity contribution in [2.45, 2.75) is 6.32 Å². The van der Waals surface area contributed by atoms with E-state index in [1.165, 1.54) is 6.26 Å². The lowest BCUT2D eigenvalue weighted by atomic mass is 9.96. The Balaban J connectivity index is 2.64. The lowest BCUT2D eigenvalue weighted by Crippen LogP contribution is -1.95. The second kappa shape index (κ2) is 3.09. The molecule has 0 saturated heterocycles. The Hall–Kier alpha value is -1.51. The van der Waals surface area contributed by atoms with Gasteiger partial charge >= 0.3 is 0 Å². The number of rotatable bonds is 2. The van der Waals surface area contributed by atoms with E-state index in [1.54, 1.807) is 0 Å². The Morgan fingerprint density at radius 2 is 2.15 bits per heavy atom. The van der Waals surface area contributed by atoms with Crippen LogP contribution in [0.25, 0.3) is 11.0 Å². The standard InChI is InChI=1S/C10H9BO2/c11-5-9(12)8-6-13-10-4-2-1-3-7(8)10/h1-4,6H,5,11H2. The molecule has 0 amide bonds. The van der Waals surface area contributed by atoms with Crippen LogP contribution in [0.3, 0.4) is 0 Å². The summed E-state index contributed by atoms with van der Waals surface area (Å²) >= 11 is 0. The van der Waals surface area contributed by atoms with Gasteiger partial charge in [0.25, 0.3) is 0 Å². The van der Waals surface area contributed by atoms with Crippen LogP contribution in [-0.4, -0.2) is 13.6 Å². The minimum absolute atomic E-state index is 0.130. The molecule has 1 heterocycles. The molecule has 2 nitrogen and oxygen atoms in total. The third kappa shape index (κ3) is 1.26. The molecule has 0 fully saturated rings. The fourth-order valence-electron chi connectivity index (χ4n) is 1.38. The van der Waals surface area contributed by atoms with Gasteiger partial charge in [-0.05, 0) is 12.4 Å². The summed E-state index contributed by atoms with van der Waals surface area (Å²) in [6, 6.07) is 7.57. The predicted octanol–water partition coefficient (Wildman–Crippen LogP) is 1.67. The number of hydrogen-bond donors (Lipinski definition) is 0. The van der Waals surface area contributed by atoms with Crippen LogP contribution in [0.5, 0.6) is 0 Å². The van der Waals surface area contributed by atoms with Gasteiger partial charge in [-0.3, -0.25) is 4.79 Å². The number of hydrogen-bond acceptors (Lipinski definition) is 2. The van der Waals surface area contributed by atoms with Crippen molar-refractivity contribution in [1.29, 1.82) is 0 Å². The zero-order valence-electron chi connectivity index (χ0n) is 7.41. The maximum Gasteiger partial charge on any atom is 0.158 e. The monoisotopic (exact) mass is 172 g/mol. The molecule has 2 rings (SSSR count). The Labute approximate surface area is 77.0 Å². The van der Waals surface area contributed by atoms with E-state index in [-0.39, 0.29) is 5.78 Å². The van der Waals surface area contributed by atoms with Crippen LogP contribution >= 0.6 is 0 Å². The molecule has 0 spiro atoms. The van der Waals surface area contributed by atoms with Crippen LogP contribution in [-0.2, 0) is 0 Å². The molecule has 0 unspecified atom stereocenters. The van der Waals surface area contributed by atoms with Crippen LogP contribution in [0.1, 0.15) is 10.4 Å². The van der Waals surface area contributed by atoms with Crippen LogP contribution in [0, 0.1) is 0 Å². The van der Waals surface area contributed by atoms with Gasteiger partial charge in [0.05, 0.1) is 5.56 Å². The number of furan rings is 1. The number of fused-ring (bicyclic) bond motifs is 1. The van der Waals surface area contributed by atoms with Gasteiger partial charge in [0.15, 0.2) is 5.78 Å². The first-order valence-electron chi connectivity index (χ1n) is 4.32. The maximum absolute atomic E-state index is 11.4. The summed E-state index contributed by atoms with van der Waals surface area (Å²) in [7, 11) is 1.85. The van der Waals surface area contributed by atoms with Crippen LogP contribution in [0.15, 0.2) is 34.9 Å². The third-order valence-corrected chi connectivity index (χ3v) is 2.10. The molecule has 0 N–H and O–H groups in total. The Morgan fingerprint density at radius 1 is 1.38 bits per heavy atom. The minimum Gasteiger partial charge on any atom is -0.464 e. The molecule has 0 bridgehead atoms. The summed E-state index contributed by atoms with van der Waals surface area (Å²) in [5.41, 5.74) is 1.47. The fourth-order valence-corrected chi connectivity index (χ4v) is 1.38. The van der Waals surface area contributed by atoms with Crippen molar-refractivity contribution >= 4 is 24.6 Å². The summed E-state index contributed by atoms with van der Waals surface area (Å²) in [5, 5.41) is 0.911. The van der Waals surface area contributed by atoms with E-state index >= 15 is 0 Å². The fraction of sp³-hybridized carbons (Fsp3) is 0.100. The van der Waals surface area contributed by atoms with E-state index in [0.717, 1.165) is 11.0 Å². The van der Waals surface area contributed by atoms with Crippen molar-refractivity contribution in [2.24, 2.45) is 0 Å². The molecule has 0 radical (unpaired) electrons. The van der Waals surface area contributed by atoms with E-state index in [4.69, 9.17) is 4.42 Å². The summed E-state index contributed by atoms with van der Waals surface area (Å²) in [6.07, 6.45) is 2.06. The highest BCUT2D eigenvalue weighted by Gasteiger charge is 2.10. The van der Waals surface area contributed by atoms with Gasteiger partial charge in [-0.2, -0.15) is 0 Å². The molecule has 2 aromatic rings. The molecule has 3 heteroatoms. The molecule has 0 atom stereocenters. The van der Waals surface area contributed by atoms with Crippen molar-refractivity contribution in [3.63, 3.8) is 0 Å². The first kappa shape index (κ1) is 8.11. The summed E-state index contributed by atoms with van der Waals surface area (Å²) in [5.74, 6) is 0.130. The zero-order valence-corrected chi connectivity index (χ0v) is 7.41. The largest absolute Gasteiger partial charge is 0.464 e. The van der Waals surface area contributed by atoms with Gasteiger partial charge < -0.3 is 4.42 Å². The highest BCUT2D eigenvalue weighted by atomic mass is 16.3. The average Bonchev–Trinajstić information content (AvgIpc) is 2.60. The predicted molar refractivity (Wildman–Crippen MR) is 53.9 cm³/mol. The first-order valence-corrected chi connectivity index (χ1v) is 4.32. The van der Waals surface area contributed by atoms with Crippen LogP contribution < -0.4 is 0 Å². The molecule has 1 aromatic carbocycles. The Morgan fingerprint density at radius 3 is 2.92 bits per heavy atom. The van der Waals surface area contributed by atoms with E-state index in [1.807, 2.05) is 32.1 Å². The Kier molecular flexibility index (Phi) is 1.93. The lowest BCUT2D eigenvalue weighted by molar-refractivity contribution is 0.101. The van der Waals surface area contributed by atoms with Crippen LogP contribution in [0.4, 0.5) is 0 Å². The third-order valence-electron chi connectivity index (χ3n) is 2.10. The molecule has 64 valence electrons. The van der Waals surface area contributed by atoms with Crippen LogP contribution in [0.2, 0.25) is 6.32 Å². The lowest BCUT2D eigenvalue weighted by Gasteiger charge is -1.91. The van der Waals surface area contributed by atoms with Gasteiger partial charge in [-0.15, -0.1) is 0 Å². The van der Waals surface area contributed by atoms with Crippen molar-refractivity contribution in [1.82, 2.24) is 0 Å². The molecule has 0 aliphatic carbocycles. The minimum atomic E-state index is 0.130. The van der Waals surface area contributed by atoms with Gasteiger partial charge in [-0.1, -0.05) is 18.2 Å². The quantitative estimate of drug-likeness (QED) is 0.509. The van der Waals surface area contributed by atoms with E-state index in [0.29, 0.717) is 11.9 Å². The number of para-hydroxylation sites is 1. The number of ketones is 1. The molecular formula is C10H9BO2. The molecule has 1 aromatic heterocycles. The molecule has 13 heavy (non-hydrogen) atoms. The number of benzene rings is 1. The number of carbonyl (C=O) groups is 1. The summed E-state index contributed by atoms with van der Waals surface area (Å²) in [6.45, 7) is 0. The average molecular weight is 172 g/mol. The smallest absolute Gasteiger partial charge is 0.158 e. The normalized spacial score (nSPS) is 10.5. The van der Waals surface area contributed by atoms with Crippen molar-refractivity contribution < 1.29 is 9.21 Å². The number of carbonyl (C=O) groups excluding carboxylic acids is 1. The van der Waals surface area contributed by atoms with E-state index in [9.17, 15) is 4.79 Å². The van der Waals surface area contributed by atoms with Gasteiger partial charge in [-0.25, -0.2) is 0 Å². The molecule has 0 saturated carbocycles. The first-order chi connectivity index (χ1) is 6.33. The zero-order chi connectivity index (χ0) is 9.26. The Bertz CT molecular complexity index is 445. The van der Waals surface area contributed by atoms with Crippen molar-refractivity contribution in [2.75, 3.05) is 0 Å². The summed E-state index contributed by atoms with van der Waals surface area (Å²) in [4.78, 5) is 11.4. The topological polar surface area (TPSA) is 30.2 Å². The van der Waals surface area contributed by atoms with Gasteiger partial charge in [0.1, 0.15) is 19.7 Å². The highest BCUT2D eigenvalue weighted by Crippen LogP contribution is 2.21. The van der Waals surface area contributed by atoms with Gasteiger partial charge in [0, 0.05) is 5.39 Å². The molecule has 0 aliphatic heterocycles. The molecular weight excluding hydrogens is 163 g/mol. The summed E-state index contributed by atoms with van der Waals surface area (Å²) < 4.78 is 5.25. The van der Waals surface area contributed by atoms with E-state index < -0.39 is 0 Å².